The molecule has 0 bridgehead atoms. The Bertz CT molecular complexity index is 243. The Morgan fingerprint density at radius 2 is 2.06 bits per heavy atom. The quantitative estimate of drug-likeness (QED) is 0.740. The van der Waals surface area contributed by atoms with Crippen molar-refractivity contribution in [3.63, 3.8) is 0 Å². The molecule has 1 heterocycles. The fourth-order valence-electron chi connectivity index (χ4n) is 1.82. The highest BCUT2D eigenvalue weighted by molar-refractivity contribution is 5.78. The zero-order valence-corrected chi connectivity index (χ0v) is 8.96. The zero-order valence-electron chi connectivity index (χ0n) is 8.96. The highest BCUT2D eigenvalue weighted by atomic mass is 19.4. The summed E-state index contributed by atoms with van der Waals surface area (Å²) < 4.78 is 35.5. The van der Waals surface area contributed by atoms with E-state index in [9.17, 15) is 18.0 Å². The molecule has 1 N–H and O–H groups in total. The molecule has 1 unspecified atom stereocenters. The van der Waals surface area contributed by atoms with Crippen LogP contribution in [0.2, 0.25) is 0 Å². The van der Waals surface area contributed by atoms with Gasteiger partial charge in [0, 0.05) is 38.5 Å². The van der Waals surface area contributed by atoms with E-state index in [2.05, 4.69) is 0 Å². The summed E-state index contributed by atoms with van der Waals surface area (Å²) in [6.45, 7) is 0.803. The van der Waals surface area contributed by atoms with Gasteiger partial charge in [-0.25, -0.2) is 0 Å². The third-order valence-corrected chi connectivity index (χ3v) is 2.69. The van der Waals surface area contributed by atoms with Crippen molar-refractivity contribution in [2.24, 2.45) is 5.92 Å². The molecule has 1 atom stereocenters. The molecule has 1 saturated heterocycles. The summed E-state index contributed by atoms with van der Waals surface area (Å²) in [5.41, 5.74) is 0. The SMILES string of the molecule is O=C1CC(CO)CN1CCCCC(F)(F)F. The summed E-state index contributed by atoms with van der Waals surface area (Å²) in [6, 6.07) is 0. The Morgan fingerprint density at radius 1 is 1.38 bits per heavy atom. The standard InChI is InChI=1S/C10H16F3NO2/c11-10(12,13)3-1-2-4-14-6-8(7-15)5-9(14)16/h8,15H,1-7H2. The predicted octanol–water partition coefficient (Wildman–Crippen LogP) is 1.56. The van der Waals surface area contributed by atoms with Gasteiger partial charge in [-0.3, -0.25) is 4.79 Å². The summed E-state index contributed by atoms with van der Waals surface area (Å²) >= 11 is 0. The maximum atomic E-state index is 11.8. The Kier molecular flexibility index (Phi) is 4.58. The molecule has 0 aromatic heterocycles. The zero-order chi connectivity index (χ0) is 12.2. The first-order valence-electron chi connectivity index (χ1n) is 5.38. The Hall–Kier alpha value is -0.780. The molecule has 0 aromatic rings. The van der Waals surface area contributed by atoms with Gasteiger partial charge in [0.1, 0.15) is 0 Å². The van der Waals surface area contributed by atoms with Crippen LogP contribution in [0.3, 0.4) is 0 Å². The van der Waals surface area contributed by atoms with Crippen molar-refractivity contribution < 1.29 is 23.1 Å². The summed E-state index contributed by atoms with van der Waals surface area (Å²) in [4.78, 5) is 12.9. The van der Waals surface area contributed by atoms with E-state index in [0.29, 0.717) is 25.9 Å². The number of carbonyl (C=O) groups excluding carboxylic acids is 1. The lowest BCUT2D eigenvalue weighted by atomic mass is 10.1. The van der Waals surface area contributed by atoms with Gasteiger partial charge in [0.2, 0.25) is 5.91 Å². The van der Waals surface area contributed by atoms with E-state index < -0.39 is 12.6 Å². The fourth-order valence-corrected chi connectivity index (χ4v) is 1.82. The second kappa shape index (κ2) is 5.52. The first-order valence-corrected chi connectivity index (χ1v) is 5.38. The molecule has 1 fully saturated rings. The molecule has 1 aliphatic heterocycles. The Labute approximate surface area is 92.2 Å². The highest BCUT2D eigenvalue weighted by Gasteiger charge is 2.29. The number of hydrogen-bond donors (Lipinski definition) is 1. The molecule has 1 amide bonds. The number of hydrogen-bond acceptors (Lipinski definition) is 2. The topological polar surface area (TPSA) is 40.5 Å². The maximum Gasteiger partial charge on any atom is 0.389 e. The van der Waals surface area contributed by atoms with E-state index in [1.165, 1.54) is 4.90 Å². The van der Waals surface area contributed by atoms with Gasteiger partial charge in [0.15, 0.2) is 0 Å². The number of aliphatic hydroxyl groups excluding tert-OH is 1. The third kappa shape index (κ3) is 4.38. The van der Waals surface area contributed by atoms with Crippen molar-refractivity contribution >= 4 is 5.91 Å². The Morgan fingerprint density at radius 3 is 2.56 bits per heavy atom. The van der Waals surface area contributed by atoms with E-state index in [-0.39, 0.29) is 24.9 Å². The molecule has 16 heavy (non-hydrogen) atoms. The number of halogens is 3. The number of unbranched alkanes of at least 4 members (excludes halogenated alkanes) is 1. The molecule has 6 heteroatoms. The monoisotopic (exact) mass is 239 g/mol. The molecule has 1 aliphatic rings. The van der Waals surface area contributed by atoms with Crippen LogP contribution in [-0.2, 0) is 4.79 Å². The molecule has 1 rings (SSSR count). The second-order valence-electron chi connectivity index (χ2n) is 4.16. The van der Waals surface area contributed by atoms with Crippen molar-refractivity contribution in [3.05, 3.63) is 0 Å². The number of amides is 1. The predicted molar refractivity (Wildman–Crippen MR) is 51.7 cm³/mol. The highest BCUT2D eigenvalue weighted by Crippen LogP contribution is 2.23. The Balaban J connectivity index is 2.16. The molecular weight excluding hydrogens is 223 g/mol. The van der Waals surface area contributed by atoms with E-state index in [1.54, 1.807) is 0 Å². The minimum absolute atomic E-state index is 0.0369. The molecule has 0 saturated carbocycles. The van der Waals surface area contributed by atoms with Gasteiger partial charge in [-0.05, 0) is 12.8 Å². The first kappa shape index (κ1) is 13.3. The van der Waals surface area contributed by atoms with Crippen LogP contribution >= 0.6 is 0 Å². The molecule has 0 radical (unpaired) electrons. The lowest BCUT2D eigenvalue weighted by molar-refractivity contribution is -0.136. The average Bonchev–Trinajstić information content (AvgIpc) is 2.53. The number of nitrogens with zero attached hydrogens (tertiary/aromatic N) is 1. The molecule has 0 aliphatic carbocycles. The van der Waals surface area contributed by atoms with Crippen molar-refractivity contribution in [3.8, 4) is 0 Å². The van der Waals surface area contributed by atoms with Crippen molar-refractivity contribution in [1.29, 1.82) is 0 Å². The number of alkyl halides is 3. The van der Waals surface area contributed by atoms with Gasteiger partial charge < -0.3 is 10.0 Å². The van der Waals surface area contributed by atoms with Crippen LogP contribution < -0.4 is 0 Å². The van der Waals surface area contributed by atoms with Gasteiger partial charge in [-0.15, -0.1) is 0 Å². The minimum atomic E-state index is -4.11. The van der Waals surface area contributed by atoms with E-state index >= 15 is 0 Å². The molecule has 94 valence electrons. The number of aliphatic hydroxyl groups is 1. The van der Waals surface area contributed by atoms with Gasteiger partial charge in [-0.2, -0.15) is 13.2 Å². The summed E-state index contributed by atoms with van der Waals surface area (Å²) in [5.74, 6) is -0.110. The summed E-state index contributed by atoms with van der Waals surface area (Å²) in [7, 11) is 0. The number of likely N-dealkylation sites (tertiary alicyclic amines) is 1. The van der Waals surface area contributed by atoms with Crippen molar-refractivity contribution in [2.45, 2.75) is 31.9 Å². The number of rotatable bonds is 5. The van der Waals surface area contributed by atoms with Crippen molar-refractivity contribution in [1.82, 2.24) is 4.90 Å². The van der Waals surface area contributed by atoms with Crippen LogP contribution in [0.25, 0.3) is 0 Å². The van der Waals surface area contributed by atoms with Gasteiger partial charge in [0.25, 0.3) is 0 Å². The maximum absolute atomic E-state index is 11.8. The van der Waals surface area contributed by atoms with Gasteiger partial charge >= 0.3 is 6.18 Å². The van der Waals surface area contributed by atoms with Crippen LogP contribution in [0.1, 0.15) is 25.7 Å². The molecule has 0 spiro atoms. The lowest BCUT2D eigenvalue weighted by Crippen LogP contribution is -2.26. The van der Waals surface area contributed by atoms with Crippen LogP contribution in [0.5, 0.6) is 0 Å². The summed E-state index contributed by atoms with van der Waals surface area (Å²) in [6.07, 6.45) is -4.17. The molecule has 0 aromatic carbocycles. The van der Waals surface area contributed by atoms with E-state index in [4.69, 9.17) is 5.11 Å². The van der Waals surface area contributed by atoms with Crippen LogP contribution in [0, 0.1) is 5.92 Å². The van der Waals surface area contributed by atoms with Gasteiger partial charge in [0.05, 0.1) is 0 Å². The van der Waals surface area contributed by atoms with Crippen LogP contribution in [0.4, 0.5) is 13.2 Å². The van der Waals surface area contributed by atoms with E-state index in [1.807, 2.05) is 0 Å². The molecule has 3 nitrogen and oxygen atoms in total. The van der Waals surface area contributed by atoms with E-state index in [0.717, 1.165) is 0 Å². The van der Waals surface area contributed by atoms with Crippen molar-refractivity contribution in [2.75, 3.05) is 19.7 Å². The minimum Gasteiger partial charge on any atom is -0.396 e. The number of carbonyl (C=O) groups is 1. The summed E-state index contributed by atoms with van der Waals surface area (Å²) in [5, 5.41) is 8.85. The van der Waals surface area contributed by atoms with Gasteiger partial charge in [-0.1, -0.05) is 0 Å². The first-order chi connectivity index (χ1) is 7.42. The lowest BCUT2D eigenvalue weighted by Gasteiger charge is -2.16. The smallest absolute Gasteiger partial charge is 0.389 e. The van der Waals surface area contributed by atoms with Crippen LogP contribution in [0.15, 0.2) is 0 Å². The second-order valence-corrected chi connectivity index (χ2v) is 4.16. The average molecular weight is 239 g/mol. The van der Waals surface area contributed by atoms with Crippen LogP contribution in [-0.4, -0.2) is 41.8 Å². The fraction of sp³-hybridized carbons (Fsp3) is 0.900. The normalized spacial score (nSPS) is 21.9. The largest absolute Gasteiger partial charge is 0.396 e. The molecular formula is C10H16F3NO2. The third-order valence-electron chi connectivity index (χ3n) is 2.69.